The summed E-state index contributed by atoms with van der Waals surface area (Å²) in [7, 11) is -1.02. The second kappa shape index (κ2) is 8.29. The number of urea groups is 1. The minimum atomic E-state index is -1.02. The van der Waals surface area contributed by atoms with E-state index in [0.717, 1.165) is 37.0 Å². The van der Waals surface area contributed by atoms with Crippen LogP contribution in [0, 0.1) is 5.92 Å². The van der Waals surface area contributed by atoms with E-state index in [-0.39, 0.29) is 24.6 Å². The van der Waals surface area contributed by atoms with Crippen molar-refractivity contribution in [3.05, 3.63) is 24.3 Å². The maximum Gasteiger partial charge on any atom is 0.319 e. The molecule has 1 fully saturated rings. The van der Waals surface area contributed by atoms with Crippen molar-refractivity contribution in [2.75, 3.05) is 18.2 Å². The molecule has 2 amide bonds. The highest BCUT2D eigenvalue weighted by Crippen LogP contribution is 2.23. The quantitative estimate of drug-likeness (QED) is 0.745. The Morgan fingerprint density at radius 3 is 2.55 bits per heavy atom. The summed E-state index contributed by atoms with van der Waals surface area (Å²) >= 11 is 0. The van der Waals surface area contributed by atoms with Gasteiger partial charge in [-0.3, -0.25) is 4.21 Å². The van der Waals surface area contributed by atoms with E-state index in [4.69, 9.17) is 0 Å². The molecule has 3 N–H and O–H groups in total. The minimum Gasteiger partial charge on any atom is -0.396 e. The van der Waals surface area contributed by atoms with Crippen molar-refractivity contribution in [1.29, 1.82) is 0 Å². The Bertz CT molecular complexity index is 519. The van der Waals surface area contributed by atoms with Gasteiger partial charge in [-0.15, -0.1) is 0 Å². The first-order valence-electron chi connectivity index (χ1n) is 7.72. The molecule has 22 heavy (non-hydrogen) atoms. The lowest BCUT2D eigenvalue weighted by molar-refractivity contribution is 0.182. The van der Waals surface area contributed by atoms with Gasteiger partial charge in [-0.2, -0.15) is 0 Å². The van der Waals surface area contributed by atoms with Crippen LogP contribution in [-0.4, -0.2) is 34.3 Å². The average molecular weight is 324 g/mol. The van der Waals surface area contributed by atoms with Crippen LogP contribution >= 0.6 is 0 Å². The smallest absolute Gasteiger partial charge is 0.319 e. The van der Waals surface area contributed by atoms with Crippen LogP contribution in [0.15, 0.2) is 29.2 Å². The van der Waals surface area contributed by atoms with Gasteiger partial charge in [0.15, 0.2) is 0 Å². The van der Waals surface area contributed by atoms with Gasteiger partial charge >= 0.3 is 6.03 Å². The zero-order valence-electron chi connectivity index (χ0n) is 12.9. The van der Waals surface area contributed by atoms with Crippen LogP contribution in [-0.2, 0) is 10.8 Å². The molecule has 0 aliphatic heterocycles. The lowest BCUT2D eigenvalue weighted by Crippen LogP contribution is -2.43. The summed E-state index contributed by atoms with van der Waals surface area (Å²) in [5, 5.41) is 15.2. The summed E-state index contributed by atoms with van der Waals surface area (Å²) in [6, 6.07) is 6.74. The molecule has 3 unspecified atom stereocenters. The van der Waals surface area contributed by atoms with E-state index in [2.05, 4.69) is 10.6 Å². The summed E-state index contributed by atoms with van der Waals surface area (Å²) in [4.78, 5) is 12.8. The minimum absolute atomic E-state index is 0.0231. The molecule has 122 valence electrons. The van der Waals surface area contributed by atoms with Gasteiger partial charge in [-0.25, -0.2) is 4.79 Å². The van der Waals surface area contributed by atoms with Gasteiger partial charge in [-0.05, 0) is 37.1 Å². The van der Waals surface area contributed by atoms with Crippen molar-refractivity contribution in [3.8, 4) is 0 Å². The largest absolute Gasteiger partial charge is 0.396 e. The highest BCUT2D eigenvalue weighted by atomic mass is 32.2. The number of benzene rings is 1. The molecule has 3 atom stereocenters. The van der Waals surface area contributed by atoms with Crippen molar-refractivity contribution < 1.29 is 14.1 Å². The molecule has 1 aliphatic rings. The number of aliphatic hydroxyl groups is 1. The molecule has 1 aromatic carbocycles. The third kappa shape index (κ3) is 4.81. The number of nitrogens with one attached hydrogen (secondary N) is 2. The van der Waals surface area contributed by atoms with Crippen LogP contribution in [0.2, 0.25) is 0 Å². The first-order chi connectivity index (χ1) is 10.6. The Balaban J connectivity index is 1.92. The zero-order valence-corrected chi connectivity index (χ0v) is 13.7. The highest BCUT2D eigenvalue weighted by molar-refractivity contribution is 7.84. The molecule has 2 rings (SSSR count). The molecule has 0 bridgehead atoms. The average Bonchev–Trinajstić information content (AvgIpc) is 2.72. The molecule has 0 radical (unpaired) electrons. The number of hydrogen-bond donors (Lipinski definition) is 3. The van der Waals surface area contributed by atoms with Crippen LogP contribution in [0.25, 0.3) is 0 Å². The molecule has 1 aliphatic carbocycles. The van der Waals surface area contributed by atoms with Crippen LogP contribution in [0.3, 0.4) is 0 Å². The normalized spacial score (nSPS) is 23.4. The Kier molecular flexibility index (Phi) is 6.39. The maximum absolute atomic E-state index is 12.1. The van der Waals surface area contributed by atoms with Gasteiger partial charge in [-0.1, -0.05) is 19.3 Å². The van der Waals surface area contributed by atoms with E-state index in [1.807, 2.05) is 0 Å². The fraction of sp³-hybridized carbons (Fsp3) is 0.562. The van der Waals surface area contributed by atoms with Crippen molar-refractivity contribution in [2.24, 2.45) is 5.92 Å². The predicted molar refractivity (Wildman–Crippen MR) is 88.4 cm³/mol. The third-order valence-corrected chi connectivity index (χ3v) is 5.09. The Morgan fingerprint density at radius 1 is 1.23 bits per heavy atom. The fourth-order valence-corrected chi connectivity index (χ4v) is 3.38. The Hall–Kier alpha value is -1.40. The number of rotatable bonds is 4. The molecular formula is C16H24N2O3S. The van der Waals surface area contributed by atoms with Gasteiger partial charge in [0.05, 0.1) is 0 Å². The van der Waals surface area contributed by atoms with Gasteiger partial charge < -0.3 is 15.7 Å². The molecule has 0 saturated heterocycles. The Morgan fingerprint density at radius 2 is 1.91 bits per heavy atom. The van der Waals surface area contributed by atoms with E-state index in [1.165, 1.54) is 0 Å². The van der Waals surface area contributed by atoms with Crippen LogP contribution in [0.4, 0.5) is 10.5 Å². The number of anilines is 1. The second-order valence-corrected chi connectivity index (χ2v) is 7.14. The molecule has 6 heteroatoms. The molecule has 5 nitrogen and oxygen atoms in total. The van der Waals surface area contributed by atoms with E-state index < -0.39 is 10.8 Å². The van der Waals surface area contributed by atoms with Crippen LogP contribution < -0.4 is 10.6 Å². The molecule has 0 aromatic heterocycles. The fourth-order valence-electron chi connectivity index (χ4n) is 2.86. The van der Waals surface area contributed by atoms with E-state index in [0.29, 0.717) is 5.69 Å². The maximum atomic E-state index is 12.1. The van der Waals surface area contributed by atoms with E-state index in [1.54, 1.807) is 30.5 Å². The first-order valence-corrected chi connectivity index (χ1v) is 9.28. The Labute approximate surface area is 134 Å². The highest BCUT2D eigenvalue weighted by Gasteiger charge is 2.24. The molecule has 0 heterocycles. The zero-order chi connectivity index (χ0) is 15.9. The van der Waals surface area contributed by atoms with Crippen molar-refractivity contribution in [3.63, 3.8) is 0 Å². The van der Waals surface area contributed by atoms with Gasteiger partial charge in [0.2, 0.25) is 0 Å². The van der Waals surface area contributed by atoms with Gasteiger partial charge in [0.1, 0.15) is 0 Å². The lowest BCUT2D eigenvalue weighted by Gasteiger charge is -2.24. The second-order valence-electron chi connectivity index (χ2n) is 5.76. The summed E-state index contributed by atoms with van der Waals surface area (Å²) < 4.78 is 11.3. The standard InChI is InChI=1S/C16H24N2O3S/c1-22(21)14-9-7-13(8-10-14)17-16(20)18-15-6-4-2-3-5-12(15)11-19/h7-10,12,15,19H,2-6,11H2,1H3,(H2,17,18,20). The molecule has 1 saturated carbocycles. The summed E-state index contributed by atoms with van der Waals surface area (Å²) in [5.74, 6) is 0.137. The molecule has 1 aromatic rings. The predicted octanol–water partition coefficient (Wildman–Crippen LogP) is 2.49. The van der Waals surface area contributed by atoms with Crippen molar-refractivity contribution >= 4 is 22.5 Å². The number of carbonyl (C=O) groups is 1. The summed E-state index contributed by atoms with van der Waals surface area (Å²) in [6.07, 6.45) is 6.84. The monoisotopic (exact) mass is 324 g/mol. The SMILES string of the molecule is CS(=O)c1ccc(NC(=O)NC2CCCCCC2CO)cc1. The molecule has 0 spiro atoms. The number of aliphatic hydroxyl groups excluding tert-OH is 1. The first kappa shape index (κ1) is 17.0. The number of carbonyl (C=O) groups excluding carboxylic acids is 1. The molecular weight excluding hydrogens is 300 g/mol. The number of amides is 2. The van der Waals surface area contributed by atoms with Gasteiger partial charge in [0, 0.05) is 46.2 Å². The summed E-state index contributed by atoms with van der Waals surface area (Å²) in [5.41, 5.74) is 0.667. The third-order valence-electron chi connectivity index (χ3n) is 4.15. The van der Waals surface area contributed by atoms with E-state index >= 15 is 0 Å². The van der Waals surface area contributed by atoms with Crippen molar-refractivity contribution in [1.82, 2.24) is 5.32 Å². The number of hydrogen-bond acceptors (Lipinski definition) is 3. The van der Waals surface area contributed by atoms with E-state index in [9.17, 15) is 14.1 Å². The van der Waals surface area contributed by atoms with Gasteiger partial charge in [0.25, 0.3) is 0 Å². The topological polar surface area (TPSA) is 78.4 Å². The summed E-state index contributed by atoms with van der Waals surface area (Å²) in [6.45, 7) is 0.113. The lowest BCUT2D eigenvalue weighted by atomic mass is 9.96. The van der Waals surface area contributed by atoms with Crippen LogP contribution in [0.5, 0.6) is 0 Å². The van der Waals surface area contributed by atoms with Crippen LogP contribution in [0.1, 0.15) is 32.1 Å². The van der Waals surface area contributed by atoms with Crippen molar-refractivity contribution in [2.45, 2.75) is 43.0 Å².